The maximum Gasteiger partial charge on any atom is 0.341 e. The normalized spacial score (nSPS) is 10.3. The second-order valence-electron chi connectivity index (χ2n) is 2.76. The lowest BCUT2D eigenvalue weighted by atomic mass is 10.1. The minimum Gasteiger partial charge on any atom is -0.477 e. The first kappa shape index (κ1) is 11.5. The van der Waals surface area contributed by atoms with Crippen LogP contribution in [0, 0.1) is 11.6 Å². The second kappa shape index (κ2) is 4.81. The molecule has 6 heteroatoms. The Kier molecular flexibility index (Phi) is 3.70. The lowest BCUT2D eigenvalue weighted by Crippen LogP contribution is -2.13. The highest BCUT2D eigenvalue weighted by atomic mass is 19.1. The van der Waals surface area contributed by atoms with Gasteiger partial charge in [0, 0.05) is 6.54 Å². The summed E-state index contributed by atoms with van der Waals surface area (Å²) in [6, 6.07) is 1.89. The van der Waals surface area contributed by atoms with E-state index in [-0.39, 0.29) is 12.1 Å². The second-order valence-corrected chi connectivity index (χ2v) is 2.76. The van der Waals surface area contributed by atoms with Gasteiger partial charge in [-0.2, -0.15) is 5.48 Å². The van der Waals surface area contributed by atoms with E-state index in [0.717, 1.165) is 12.1 Å². The number of aromatic carboxylic acids is 1. The van der Waals surface area contributed by atoms with Gasteiger partial charge in [-0.3, -0.25) is 0 Å². The predicted molar refractivity (Wildman–Crippen MR) is 47.2 cm³/mol. The van der Waals surface area contributed by atoms with Gasteiger partial charge in [-0.1, -0.05) is 0 Å². The van der Waals surface area contributed by atoms with Crippen molar-refractivity contribution in [1.29, 1.82) is 0 Å². The Labute approximate surface area is 84.4 Å². The lowest BCUT2D eigenvalue weighted by molar-refractivity contribution is 0.0686. The third kappa shape index (κ3) is 2.71. The van der Waals surface area contributed by atoms with Gasteiger partial charge in [0.15, 0.2) is 0 Å². The molecule has 0 radical (unpaired) electrons. The van der Waals surface area contributed by atoms with Crippen LogP contribution in [0.2, 0.25) is 0 Å². The molecule has 0 aliphatic carbocycles. The average Bonchev–Trinajstić information content (AvgIpc) is 2.12. The van der Waals surface area contributed by atoms with E-state index >= 15 is 0 Å². The molecule has 0 aromatic heterocycles. The number of carboxylic acid groups (broad SMARTS) is 1. The van der Waals surface area contributed by atoms with Crippen molar-refractivity contribution in [2.75, 3.05) is 7.11 Å². The number of benzene rings is 1. The zero-order chi connectivity index (χ0) is 11.4. The SMILES string of the molecule is CONCc1cc(F)c(C(=O)O)c(F)c1. The highest BCUT2D eigenvalue weighted by molar-refractivity contribution is 5.88. The van der Waals surface area contributed by atoms with E-state index in [1.807, 2.05) is 0 Å². The maximum atomic E-state index is 13.1. The van der Waals surface area contributed by atoms with Crippen molar-refractivity contribution in [2.24, 2.45) is 0 Å². The van der Waals surface area contributed by atoms with Crippen molar-refractivity contribution >= 4 is 5.97 Å². The summed E-state index contributed by atoms with van der Waals surface area (Å²) in [5.74, 6) is -3.83. The van der Waals surface area contributed by atoms with Crippen molar-refractivity contribution in [3.8, 4) is 0 Å². The van der Waals surface area contributed by atoms with E-state index in [1.54, 1.807) is 0 Å². The fourth-order valence-electron chi connectivity index (χ4n) is 1.09. The van der Waals surface area contributed by atoms with Crippen LogP contribution in [0.1, 0.15) is 15.9 Å². The van der Waals surface area contributed by atoms with Gasteiger partial charge in [0.2, 0.25) is 0 Å². The number of hydrogen-bond acceptors (Lipinski definition) is 3. The first-order valence-corrected chi connectivity index (χ1v) is 4.03. The zero-order valence-electron chi connectivity index (χ0n) is 7.88. The molecule has 1 aromatic carbocycles. The minimum atomic E-state index is -1.63. The fourth-order valence-corrected chi connectivity index (χ4v) is 1.09. The standard InChI is InChI=1S/C9H9F2NO3/c1-15-12-4-5-2-6(10)8(9(13)14)7(11)3-5/h2-3,12H,4H2,1H3,(H,13,14). The Morgan fingerprint density at radius 2 is 2.00 bits per heavy atom. The Balaban J connectivity index is 3.03. The molecule has 0 aliphatic heterocycles. The van der Waals surface area contributed by atoms with Crippen LogP contribution in [0.25, 0.3) is 0 Å². The molecular weight excluding hydrogens is 208 g/mol. The smallest absolute Gasteiger partial charge is 0.341 e. The molecule has 0 spiro atoms. The molecule has 0 heterocycles. The zero-order valence-corrected chi connectivity index (χ0v) is 7.88. The van der Waals surface area contributed by atoms with Crippen LogP contribution < -0.4 is 5.48 Å². The molecule has 0 bridgehead atoms. The molecule has 15 heavy (non-hydrogen) atoms. The Hall–Kier alpha value is -1.53. The van der Waals surface area contributed by atoms with Gasteiger partial charge in [0.25, 0.3) is 0 Å². The molecule has 0 amide bonds. The molecule has 0 fully saturated rings. The number of hydroxylamine groups is 1. The first-order chi connectivity index (χ1) is 7.06. The van der Waals surface area contributed by atoms with Crippen molar-refractivity contribution in [1.82, 2.24) is 5.48 Å². The van der Waals surface area contributed by atoms with Crippen LogP contribution in [0.3, 0.4) is 0 Å². The minimum absolute atomic E-state index is 0.0875. The van der Waals surface area contributed by atoms with Gasteiger partial charge in [-0.05, 0) is 17.7 Å². The van der Waals surface area contributed by atoms with E-state index in [4.69, 9.17) is 5.11 Å². The summed E-state index contributed by atoms with van der Waals surface area (Å²) in [6.45, 7) is 0.0875. The highest BCUT2D eigenvalue weighted by Gasteiger charge is 2.17. The van der Waals surface area contributed by atoms with Gasteiger partial charge in [0.1, 0.15) is 17.2 Å². The maximum absolute atomic E-state index is 13.1. The van der Waals surface area contributed by atoms with Gasteiger partial charge >= 0.3 is 5.97 Å². The number of nitrogens with one attached hydrogen (secondary N) is 1. The molecule has 0 unspecified atom stereocenters. The summed E-state index contributed by atoms with van der Waals surface area (Å²) in [5.41, 5.74) is 1.70. The average molecular weight is 217 g/mol. The summed E-state index contributed by atoms with van der Waals surface area (Å²) in [6.07, 6.45) is 0. The van der Waals surface area contributed by atoms with Crippen LogP contribution in [-0.2, 0) is 11.4 Å². The lowest BCUT2D eigenvalue weighted by Gasteiger charge is -2.05. The summed E-state index contributed by atoms with van der Waals surface area (Å²) < 4.78 is 26.2. The predicted octanol–water partition coefficient (Wildman–Crippen LogP) is 1.31. The molecule has 0 saturated carbocycles. The number of rotatable bonds is 4. The van der Waals surface area contributed by atoms with E-state index in [9.17, 15) is 13.6 Å². The highest BCUT2D eigenvalue weighted by Crippen LogP contribution is 2.15. The van der Waals surface area contributed by atoms with Crippen LogP contribution in [-0.4, -0.2) is 18.2 Å². The number of carboxylic acids is 1. The van der Waals surface area contributed by atoms with Gasteiger partial charge in [0.05, 0.1) is 7.11 Å². The van der Waals surface area contributed by atoms with Crippen molar-refractivity contribution in [3.05, 3.63) is 34.9 Å². The number of carbonyl (C=O) groups is 1. The summed E-state index contributed by atoms with van der Waals surface area (Å²) in [7, 11) is 1.36. The van der Waals surface area contributed by atoms with E-state index in [1.165, 1.54) is 7.11 Å². The molecular formula is C9H9F2NO3. The van der Waals surface area contributed by atoms with E-state index in [2.05, 4.69) is 10.3 Å². The number of hydrogen-bond donors (Lipinski definition) is 2. The van der Waals surface area contributed by atoms with E-state index < -0.39 is 23.2 Å². The van der Waals surface area contributed by atoms with Crippen molar-refractivity contribution in [3.63, 3.8) is 0 Å². The third-order valence-electron chi connectivity index (χ3n) is 1.74. The number of halogens is 2. The molecule has 0 aliphatic rings. The summed E-state index contributed by atoms with van der Waals surface area (Å²) in [4.78, 5) is 14.9. The van der Waals surface area contributed by atoms with Gasteiger partial charge < -0.3 is 9.94 Å². The Morgan fingerprint density at radius 1 is 1.47 bits per heavy atom. The molecule has 1 rings (SSSR count). The monoisotopic (exact) mass is 217 g/mol. The van der Waals surface area contributed by atoms with Crippen LogP contribution in [0.5, 0.6) is 0 Å². The molecule has 1 aromatic rings. The quantitative estimate of drug-likeness (QED) is 0.746. The Bertz CT molecular complexity index is 359. The third-order valence-corrected chi connectivity index (χ3v) is 1.74. The summed E-state index contributed by atoms with van der Waals surface area (Å²) in [5, 5.41) is 8.49. The molecule has 0 atom stereocenters. The molecule has 82 valence electrons. The van der Waals surface area contributed by atoms with Crippen molar-refractivity contribution in [2.45, 2.75) is 6.54 Å². The topological polar surface area (TPSA) is 58.6 Å². The fraction of sp³-hybridized carbons (Fsp3) is 0.222. The van der Waals surface area contributed by atoms with E-state index in [0.29, 0.717) is 0 Å². The van der Waals surface area contributed by atoms with Crippen LogP contribution in [0.15, 0.2) is 12.1 Å². The summed E-state index contributed by atoms with van der Waals surface area (Å²) >= 11 is 0. The van der Waals surface area contributed by atoms with Gasteiger partial charge in [-0.15, -0.1) is 0 Å². The van der Waals surface area contributed by atoms with Crippen LogP contribution >= 0.6 is 0 Å². The van der Waals surface area contributed by atoms with Gasteiger partial charge in [-0.25, -0.2) is 13.6 Å². The molecule has 2 N–H and O–H groups in total. The van der Waals surface area contributed by atoms with Crippen molar-refractivity contribution < 1.29 is 23.5 Å². The largest absolute Gasteiger partial charge is 0.477 e. The molecule has 0 saturated heterocycles. The first-order valence-electron chi connectivity index (χ1n) is 4.03. The Morgan fingerprint density at radius 3 is 2.40 bits per heavy atom. The van der Waals surface area contributed by atoms with Crippen LogP contribution in [0.4, 0.5) is 8.78 Å². The molecule has 4 nitrogen and oxygen atoms in total.